The number of carbonyl (C=O) groups is 1. The van der Waals surface area contributed by atoms with Crippen molar-refractivity contribution >= 4 is 11.8 Å². The van der Waals surface area contributed by atoms with E-state index < -0.39 is 5.97 Å². The molecule has 6 heteroatoms. The first-order valence-corrected chi connectivity index (χ1v) is 5.52. The van der Waals surface area contributed by atoms with E-state index >= 15 is 0 Å². The Balaban J connectivity index is 2.22. The minimum Gasteiger partial charge on any atom is -0.477 e. The van der Waals surface area contributed by atoms with Gasteiger partial charge in [-0.2, -0.15) is 0 Å². The summed E-state index contributed by atoms with van der Waals surface area (Å²) in [5, 5.41) is 8.94. The molecule has 0 aromatic carbocycles. The zero-order valence-electron chi connectivity index (χ0n) is 9.64. The van der Waals surface area contributed by atoms with E-state index in [0.29, 0.717) is 30.5 Å². The molecule has 6 nitrogen and oxygen atoms in total. The van der Waals surface area contributed by atoms with E-state index in [-0.39, 0.29) is 11.4 Å². The summed E-state index contributed by atoms with van der Waals surface area (Å²) in [6, 6.07) is 0. The van der Waals surface area contributed by atoms with E-state index in [4.69, 9.17) is 15.6 Å². The highest BCUT2D eigenvalue weighted by molar-refractivity contribution is 5.93. The van der Waals surface area contributed by atoms with E-state index in [0.717, 1.165) is 13.0 Å². The van der Waals surface area contributed by atoms with Gasteiger partial charge < -0.3 is 15.6 Å². The first kappa shape index (κ1) is 11.8. The van der Waals surface area contributed by atoms with Crippen molar-refractivity contribution in [2.45, 2.75) is 19.8 Å². The average molecular weight is 237 g/mol. The molecular formula is C11H15N3O3. The number of nitrogens with zero attached hydrogens (tertiary/aromatic N) is 2. The molecule has 1 fully saturated rings. The Labute approximate surface area is 98.8 Å². The third-order valence-corrected chi connectivity index (χ3v) is 2.87. The van der Waals surface area contributed by atoms with Crippen LogP contribution < -0.4 is 5.73 Å². The molecule has 2 rings (SSSR count). The van der Waals surface area contributed by atoms with Gasteiger partial charge in [0.2, 0.25) is 0 Å². The molecule has 2 heterocycles. The van der Waals surface area contributed by atoms with Crippen LogP contribution >= 0.6 is 0 Å². The predicted molar refractivity (Wildman–Crippen MR) is 60.8 cm³/mol. The van der Waals surface area contributed by atoms with Gasteiger partial charge in [0.05, 0.1) is 5.69 Å². The number of hydrogen-bond acceptors (Lipinski definition) is 5. The van der Waals surface area contributed by atoms with E-state index in [1.807, 2.05) is 0 Å². The summed E-state index contributed by atoms with van der Waals surface area (Å²) in [7, 11) is 0. The Morgan fingerprint density at radius 3 is 2.88 bits per heavy atom. The summed E-state index contributed by atoms with van der Waals surface area (Å²) in [5.41, 5.74) is 6.05. The number of nitrogens with two attached hydrogens (primary N) is 1. The lowest BCUT2D eigenvalue weighted by Gasteiger charge is -2.09. The van der Waals surface area contributed by atoms with Crippen LogP contribution in [0.25, 0.3) is 0 Å². The number of carboxylic acid groups (broad SMARTS) is 1. The van der Waals surface area contributed by atoms with Gasteiger partial charge in [-0.1, -0.05) is 0 Å². The van der Waals surface area contributed by atoms with Crippen LogP contribution in [0.2, 0.25) is 0 Å². The lowest BCUT2D eigenvalue weighted by Crippen LogP contribution is -2.14. The molecule has 0 aliphatic carbocycles. The number of anilines is 1. The fourth-order valence-electron chi connectivity index (χ4n) is 2.01. The average Bonchev–Trinajstić information content (AvgIpc) is 2.68. The third kappa shape index (κ3) is 2.52. The molecule has 3 N–H and O–H groups in total. The molecule has 1 unspecified atom stereocenters. The zero-order chi connectivity index (χ0) is 12.4. The zero-order valence-corrected chi connectivity index (χ0v) is 9.64. The second-order valence-electron chi connectivity index (χ2n) is 4.22. The van der Waals surface area contributed by atoms with Gasteiger partial charge in [0.15, 0.2) is 0 Å². The van der Waals surface area contributed by atoms with Crippen LogP contribution in [-0.2, 0) is 11.2 Å². The number of aromatic carboxylic acids is 1. The second kappa shape index (κ2) is 4.67. The lowest BCUT2D eigenvalue weighted by molar-refractivity contribution is 0.0696. The maximum Gasteiger partial charge on any atom is 0.341 e. The summed E-state index contributed by atoms with van der Waals surface area (Å²) in [6.45, 7) is 3.12. The Kier molecular flexibility index (Phi) is 3.23. The van der Waals surface area contributed by atoms with Gasteiger partial charge in [0.1, 0.15) is 17.2 Å². The topological polar surface area (TPSA) is 98.3 Å². The monoisotopic (exact) mass is 237 g/mol. The van der Waals surface area contributed by atoms with Gasteiger partial charge in [-0.15, -0.1) is 0 Å². The molecule has 0 radical (unpaired) electrons. The quantitative estimate of drug-likeness (QED) is 0.800. The summed E-state index contributed by atoms with van der Waals surface area (Å²) in [4.78, 5) is 19.2. The highest BCUT2D eigenvalue weighted by Crippen LogP contribution is 2.19. The number of ether oxygens (including phenoxy) is 1. The second-order valence-corrected chi connectivity index (χ2v) is 4.22. The molecule has 1 aliphatic heterocycles. The Bertz CT molecular complexity index is 419. The van der Waals surface area contributed by atoms with E-state index in [9.17, 15) is 4.79 Å². The van der Waals surface area contributed by atoms with E-state index in [2.05, 4.69) is 9.97 Å². The molecule has 1 aliphatic rings. The number of carboxylic acids is 1. The van der Waals surface area contributed by atoms with Gasteiger partial charge in [-0.05, 0) is 19.3 Å². The largest absolute Gasteiger partial charge is 0.477 e. The number of aromatic nitrogens is 2. The maximum atomic E-state index is 10.9. The van der Waals surface area contributed by atoms with Crippen LogP contribution in [-0.4, -0.2) is 34.3 Å². The van der Waals surface area contributed by atoms with E-state index in [1.165, 1.54) is 0 Å². The molecule has 0 amide bonds. The molecule has 0 bridgehead atoms. The summed E-state index contributed by atoms with van der Waals surface area (Å²) >= 11 is 0. The van der Waals surface area contributed by atoms with Gasteiger partial charge in [0.25, 0.3) is 0 Å². The normalized spacial score (nSPS) is 19.5. The van der Waals surface area contributed by atoms with Crippen LogP contribution in [0.1, 0.15) is 28.3 Å². The van der Waals surface area contributed by atoms with Gasteiger partial charge in [-0.3, -0.25) is 0 Å². The highest BCUT2D eigenvalue weighted by atomic mass is 16.5. The first-order chi connectivity index (χ1) is 8.08. The molecule has 92 valence electrons. The molecule has 0 saturated carbocycles. The summed E-state index contributed by atoms with van der Waals surface area (Å²) < 4.78 is 5.27. The fourth-order valence-corrected chi connectivity index (χ4v) is 2.01. The highest BCUT2D eigenvalue weighted by Gasteiger charge is 2.20. The van der Waals surface area contributed by atoms with Crippen molar-refractivity contribution in [3.05, 3.63) is 17.1 Å². The Morgan fingerprint density at radius 2 is 2.35 bits per heavy atom. The van der Waals surface area contributed by atoms with Gasteiger partial charge >= 0.3 is 5.97 Å². The smallest absolute Gasteiger partial charge is 0.341 e. The fraction of sp³-hybridized carbons (Fsp3) is 0.545. The third-order valence-electron chi connectivity index (χ3n) is 2.87. The number of aryl methyl sites for hydroxylation is 1. The molecule has 17 heavy (non-hydrogen) atoms. The van der Waals surface area contributed by atoms with Crippen molar-refractivity contribution in [1.29, 1.82) is 0 Å². The van der Waals surface area contributed by atoms with Gasteiger partial charge in [0, 0.05) is 19.6 Å². The SMILES string of the molecule is Cc1nc(CC2CCOC2)nc(N)c1C(=O)O. The minimum atomic E-state index is -1.09. The van der Waals surface area contributed by atoms with Crippen LogP contribution in [0.3, 0.4) is 0 Å². The van der Waals surface area contributed by atoms with Crippen molar-refractivity contribution in [3.8, 4) is 0 Å². The summed E-state index contributed by atoms with van der Waals surface area (Å²) in [6.07, 6.45) is 1.67. The van der Waals surface area contributed by atoms with Crippen molar-refractivity contribution < 1.29 is 14.6 Å². The van der Waals surface area contributed by atoms with E-state index in [1.54, 1.807) is 6.92 Å². The first-order valence-electron chi connectivity index (χ1n) is 5.52. The number of nitrogen functional groups attached to an aromatic ring is 1. The molecule has 1 aromatic heterocycles. The molecule has 0 spiro atoms. The molecule has 1 aromatic rings. The Morgan fingerprint density at radius 1 is 1.59 bits per heavy atom. The van der Waals surface area contributed by atoms with Crippen molar-refractivity contribution in [2.24, 2.45) is 5.92 Å². The van der Waals surface area contributed by atoms with Crippen molar-refractivity contribution in [3.63, 3.8) is 0 Å². The number of hydrogen-bond donors (Lipinski definition) is 2. The minimum absolute atomic E-state index is 0.00331. The maximum absolute atomic E-state index is 10.9. The van der Waals surface area contributed by atoms with Crippen LogP contribution in [0.15, 0.2) is 0 Å². The lowest BCUT2D eigenvalue weighted by atomic mass is 10.0. The van der Waals surface area contributed by atoms with Gasteiger partial charge in [-0.25, -0.2) is 14.8 Å². The standard InChI is InChI=1S/C11H15N3O3/c1-6-9(11(15)16)10(12)14-8(13-6)4-7-2-3-17-5-7/h7H,2-5H2,1H3,(H,15,16)(H2,12,13,14). The molecular weight excluding hydrogens is 222 g/mol. The number of rotatable bonds is 3. The summed E-state index contributed by atoms with van der Waals surface area (Å²) in [5.74, 6) is -0.0420. The van der Waals surface area contributed by atoms with Crippen LogP contribution in [0, 0.1) is 12.8 Å². The van der Waals surface area contributed by atoms with Crippen LogP contribution in [0.5, 0.6) is 0 Å². The van der Waals surface area contributed by atoms with Crippen molar-refractivity contribution in [1.82, 2.24) is 9.97 Å². The molecule has 1 atom stereocenters. The molecule has 1 saturated heterocycles. The Hall–Kier alpha value is -1.69. The van der Waals surface area contributed by atoms with Crippen molar-refractivity contribution in [2.75, 3.05) is 18.9 Å². The predicted octanol–water partition coefficient (Wildman–Crippen LogP) is 0.644. The van der Waals surface area contributed by atoms with Crippen LogP contribution in [0.4, 0.5) is 5.82 Å².